The van der Waals surface area contributed by atoms with Crippen LogP contribution in [0.2, 0.25) is 0 Å². The van der Waals surface area contributed by atoms with E-state index in [4.69, 9.17) is 0 Å². The van der Waals surface area contributed by atoms with Gasteiger partial charge in [-0.1, -0.05) is 6.92 Å². The fourth-order valence-corrected chi connectivity index (χ4v) is 2.81. The topological polar surface area (TPSA) is 70.4 Å². The number of carboxylic acid groups (broad SMARTS) is 1. The van der Waals surface area contributed by atoms with Gasteiger partial charge in [-0.2, -0.15) is 0 Å². The number of nitrogens with one attached hydrogen (secondary N) is 1. The Morgan fingerprint density at radius 1 is 1.58 bits per heavy atom. The van der Waals surface area contributed by atoms with Gasteiger partial charge in [0, 0.05) is 10.5 Å². The smallest absolute Gasteiger partial charge is 0.341 e. The molecule has 0 saturated carbocycles. The predicted octanol–water partition coefficient (Wildman–Crippen LogP) is 2.98. The molecular weight excluding hydrogens is 317 g/mol. The molecule has 2 aromatic heterocycles. The molecule has 0 bridgehead atoms. The molecule has 98 valence electrons. The monoisotopic (exact) mass is 325 g/mol. The SMILES string of the molecule is CCc1[nH]n2c(nc3cc(F)cc(Br)c32)c1C(=O)O. The summed E-state index contributed by atoms with van der Waals surface area (Å²) in [5.41, 5.74) is 2.05. The number of aromatic amines is 1. The lowest BCUT2D eigenvalue weighted by molar-refractivity contribution is 0.0697. The van der Waals surface area contributed by atoms with Crippen molar-refractivity contribution >= 4 is 38.6 Å². The van der Waals surface area contributed by atoms with Crippen LogP contribution in [0.1, 0.15) is 23.0 Å². The van der Waals surface area contributed by atoms with Gasteiger partial charge in [0.15, 0.2) is 5.65 Å². The molecule has 0 fully saturated rings. The van der Waals surface area contributed by atoms with Crippen LogP contribution >= 0.6 is 15.9 Å². The molecular formula is C12H9BrFN3O2. The zero-order valence-electron chi connectivity index (χ0n) is 9.87. The number of hydrogen-bond acceptors (Lipinski definition) is 2. The van der Waals surface area contributed by atoms with Crippen molar-refractivity contribution in [3.63, 3.8) is 0 Å². The number of halogens is 2. The van der Waals surface area contributed by atoms with E-state index < -0.39 is 11.8 Å². The van der Waals surface area contributed by atoms with Crippen LogP contribution in [0.4, 0.5) is 4.39 Å². The Balaban J connectivity index is 2.50. The number of hydrogen-bond donors (Lipinski definition) is 2. The van der Waals surface area contributed by atoms with E-state index in [2.05, 4.69) is 26.0 Å². The van der Waals surface area contributed by atoms with Gasteiger partial charge >= 0.3 is 5.97 Å². The standard InChI is InChI=1S/C12H9BrFN3O2/c1-2-7-9(12(18)19)11-15-8-4-5(14)3-6(13)10(8)17(11)16-7/h3-4,16H,2H2,1H3,(H,18,19). The number of carboxylic acids is 1. The van der Waals surface area contributed by atoms with Gasteiger partial charge in [-0.05, 0) is 28.4 Å². The third kappa shape index (κ3) is 1.65. The first-order valence-corrected chi connectivity index (χ1v) is 6.43. The first-order valence-electron chi connectivity index (χ1n) is 5.64. The maximum absolute atomic E-state index is 13.3. The zero-order valence-corrected chi connectivity index (χ0v) is 11.5. The first-order chi connectivity index (χ1) is 9.02. The summed E-state index contributed by atoms with van der Waals surface area (Å²) in [6.07, 6.45) is 0.547. The van der Waals surface area contributed by atoms with Gasteiger partial charge in [0.1, 0.15) is 16.9 Å². The summed E-state index contributed by atoms with van der Waals surface area (Å²) < 4.78 is 15.4. The fraction of sp³-hybridized carbons (Fsp3) is 0.167. The number of aromatic nitrogens is 3. The van der Waals surface area contributed by atoms with Crippen molar-refractivity contribution in [3.8, 4) is 0 Å². The molecule has 2 heterocycles. The van der Waals surface area contributed by atoms with Crippen LogP contribution in [0.25, 0.3) is 16.7 Å². The molecule has 2 N–H and O–H groups in total. The van der Waals surface area contributed by atoms with Gasteiger partial charge in [0.2, 0.25) is 0 Å². The van der Waals surface area contributed by atoms with Crippen LogP contribution in [-0.4, -0.2) is 25.7 Å². The molecule has 0 aliphatic heterocycles. The van der Waals surface area contributed by atoms with Crippen molar-refractivity contribution in [2.24, 2.45) is 0 Å². The average Bonchev–Trinajstić information content (AvgIpc) is 2.81. The van der Waals surface area contributed by atoms with Crippen molar-refractivity contribution in [1.29, 1.82) is 0 Å². The molecule has 3 aromatic rings. The lowest BCUT2D eigenvalue weighted by Gasteiger charge is -1.97. The molecule has 0 unspecified atom stereocenters. The third-order valence-corrected chi connectivity index (χ3v) is 3.61. The predicted molar refractivity (Wildman–Crippen MR) is 71.0 cm³/mol. The molecule has 0 spiro atoms. The van der Waals surface area contributed by atoms with Crippen LogP contribution in [-0.2, 0) is 6.42 Å². The highest BCUT2D eigenvalue weighted by Crippen LogP contribution is 2.28. The van der Waals surface area contributed by atoms with E-state index in [1.807, 2.05) is 6.92 Å². The first kappa shape index (κ1) is 12.2. The summed E-state index contributed by atoms with van der Waals surface area (Å²) >= 11 is 3.27. The van der Waals surface area contributed by atoms with Crippen LogP contribution in [0.5, 0.6) is 0 Å². The van der Waals surface area contributed by atoms with E-state index >= 15 is 0 Å². The lowest BCUT2D eigenvalue weighted by atomic mass is 10.2. The summed E-state index contributed by atoms with van der Waals surface area (Å²) in [6.45, 7) is 1.86. The number of aryl methyl sites for hydroxylation is 1. The number of carbonyl (C=O) groups is 1. The van der Waals surface area contributed by atoms with Gasteiger partial charge in [-0.3, -0.25) is 5.10 Å². The summed E-state index contributed by atoms with van der Waals surface area (Å²) in [5, 5.41) is 12.3. The van der Waals surface area contributed by atoms with Crippen molar-refractivity contribution in [2.45, 2.75) is 13.3 Å². The number of nitrogens with zero attached hydrogens (tertiary/aromatic N) is 2. The maximum Gasteiger partial charge on any atom is 0.341 e. The second-order valence-corrected chi connectivity index (χ2v) is 5.00. The Hall–Kier alpha value is -1.89. The Labute approximate surface area is 115 Å². The van der Waals surface area contributed by atoms with E-state index in [0.29, 0.717) is 33.3 Å². The van der Waals surface area contributed by atoms with Crippen LogP contribution in [0.3, 0.4) is 0 Å². The minimum Gasteiger partial charge on any atom is -0.477 e. The fourth-order valence-electron chi connectivity index (χ4n) is 2.21. The van der Waals surface area contributed by atoms with Gasteiger partial charge in [0.05, 0.1) is 11.2 Å². The highest BCUT2D eigenvalue weighted by Gasteiger charge is 2.22. The summed E-state index contributed by atoms with van der Waals surface area (Å²) in [4.78, 5) is 15.5. The van der Waals surface area contributed by atoms with Crippen LogP contribution in [0.15, 0.2) is 16.6 Å². The number of benzene rings is 1. The van der Waals surface area contributed by atoms with Crippen molar-refractivity contribution in [1.82, 2.24) is 14.6 Å². The second-order valence-electron chi connectivity index (χ2n) is 4.15. The molecule has 19 heavy (non-hydrogen) atoms. The number of rotatable bonds is 2. The van der Waals surface area contributed by atoms with Crippen molar-refractivity contribution < 1.29 is 14.3 Å². The zero-order chi connectivity index (χ0) is 13.7. The van der Waals surface area contributed by atoms with E-state index in [1.54, 1.807) is 4.52 Å². The van der Waals surface area contributed by atoms with Crippen LogP contribution < -0.4 is 0 Å². The quantitative estimate of drug-likeness (QED) is 0.761. The van der Waals surface area contributed by atoms with Crippen molar-refractivity contribution in [3.05, 3.63) is 33.7 Å². The van der Waals surface area contributed by atoms with Crippen LogP contribution in [0, 0.1) is 5.82 Å². The highest BCUT2D eigenvalue weighted by molar-refractivity contribution is 9.10. The largest absolute Gasteiger partial charge is 0.477 e. The second kappa shape index (κ2) is 4.06. The minimum atomic E-state index is -1.05. The molecule has 0 saturated heterocycles. The lowest BCUT2D eigenvalue weighted by Crippen LogP contribution is -1.99. The summed E-state index contributed by atoms with van der Waals surface area (Å²) in [6, 6.07) is 2.60. The molecule has 0 aliphatic rings. The Morgan fingerprint density at radius 3 is 2.95 bits per heavy atom. The molecule has 0 atom stereocenters. The Morgan fingerprint density at radius 2 is 2.32 bits per heavy atom. The molecule has 7 heteroatoms. The van der Waals surface area contributed by atoms with Gasteiger partial charge in [0.25, 0.3) is 0 Å². The van der Waals surface area contributed by atoms with E-state index in [0.717, 1.165) is 0 Å². The minimum absolute atomic E-state index is 0.131. The molecule has 1 aromatic carbocycles. The number of aromatic carboxylic acids is 1. The third-order valence-electron chi connectivity index (χ3n) is 3.01. The van der Waals surface area contributed by atoms with Gasteiger partial charge in [-0.15, -0.1) is 0 Å². The Bertz CT molecular complexity index is 821. The maximum atomic E-state index is 13.3. The van der Waals surface area contributed by atoms with E-state index in [1.165, 1.54) is 12.1 Å². The van der Waals surface area contributed by atoms with E-state index in [-0.39, 0.29) is 5.56 Å². The summed E-state index contributed by atoms with van der Waals surface area (Å²) in [7, 11) is 0. The normalized spacial score (nSPS) is 11.5. The molecule has 3 rings (SSSR count). The highest BCUT2D eigenvalue weighted by atomic mass is 79.9. The molecule has 0 aliphatic carbocycles. The number of fused-ring (bicyclic) bond motifs is 3. The average molecular weight is 326 g/mol. The number of imidazole rings is 1. The van der Waals surface area contributed by atoms with Crippen molar-refractivity contribution in [2.75, 3.05) is 0 Å². The number of H-pyrrole nitrogens is 1. The molecule has 0 amide bonds. The van der Waals surface area contributed by atoms with Gasteiger partial charge in [-0.25, -0.2) is 18.7 Å². The summed E-state index contributed by atoms with van der Waals surface area (Å²) in [5.74, 6) is -1.47. The molecule has 5 nitrogen and oxygen atoms in total. The van der Waals surface area contributed by atoms with Gasteiger partial charge < -0.3 is 5.11 Å². The molecule has 0 radical (unpaired) electrons. The Kier molecular flexibility index (Phi) is 2.60. The van der Waals surface area contributed by atoms with E-state index in [9.17, 15) is 14.3 Å².